The third kappa shape index (κ3) is 5.41. The molecule has 1 aromatic heterocycles. The van der Waals surface area contributed by atoms with E-state index in [4.69, 9.17) is 4.74 Å². The molecule has 0 saturated carbocycles. The third-order valence-corrected chi connectivity index (χ3v) is 4.15. The predicted molar refractivity (Wildman–Crippen MR) is 91.4 cm³/mol. The highest BCUT2D eigenvalue weighted by Crippen LogP contribution is 2.27. The molecule has 0 spiro atoms. The molecule has 2 N–H and O–H groups in total. The number of anilines is 1. The van der Waals surface area contributed by atoms with Gasteiger partial charge in [0, 0.05) is 23.4 Å². The van der Waals surface area contributed by atoms with Crippen molar-refractivity contribution >= 4 is 28.3 Å². The number of benzene rings is 1. The lowest BCUT2D eigenvalue weighted by Gasteiger charge is -2.08. The Kier molecular flexibility index (Phi) is 6.17. The van der Waals surface area contributed by atoms with Gasteiger partial charge in [-0.25, -0.2) is 4.79 Å². The van der Waals surface area contributed by atoms with Crippen LogP contribution in [-0.4, -0.2) is 12.0 Å². The largest absolute Gasteiger partial charge is 0.445 e. The number of aryl methyl sites for hydroxylation is 1. The van der Waals surface area contributed by atoms with Gasteiger partial charge in [0.25, 0.3) is 0 Å². The topological polar surface area (TPSA) is 67.4 Å². The molecule has 0 saturated heterocycles. The number of nitrogens with one attached hydrogen (secondary N) is 2. The zero-order chi connectivity index (χ0) is 16.7. The highest BCUT2D eigenvalue weighted by molar-refractivity contribution is 7.16. The minimum Gasteiger partial charge on any atom is -0.445 e. The molecule has 1 heterocycles. The molecule has 0 radical (unpaired) electrons. The Bertz CT molecular complexity index is 668. The number of carbonyl (C=O) groups is 2. The highest BCUT2D eigenvalue weighted by atomic mass is 32.1. The lowest BCUT2D eigenvalue weighted by Crippen LogP contribution is -2.24. The van der Waals surface area contributed by atoms with Crippen molar-refractivity contribution in [3.05, 3.63) is 52.4 Å². The van der Waals surface area contributed by atoms with Crippen molar-refractivity contribution in [2.45, 2.75) is 33.4 Å². The Morgan fingerprint density at radius 2 is 1.96 bits per heavy atom. The lowest BCUT2D eigenvalue weighted by atomic mass is 10.2. The number of rotatable bonds is 6. The van der Waals surface area contributed by atoms with Crippen LogP contribution in [0.25, 0.3) is 0 Å². The van der Waals surface area contributed by atoms with E-state index >= 15 is 0 Å². The molecule has 6 heteroatoms. The van der Waals surface area contributed by atoms with Gasteiger partial charge in [-0.2, -0.15) is 0 Å². The van der Waals surface area contributed by atoms with Crippen LogP contribution >= 0.6 is 11.3 Å². The fraction of sp³-hybridized carbons (Fsp3) is 0.294. The van der Waals surface area contributed by atoms with E-state index in [1.165, 1.54) is 11.3 Å². The molecular formula is C17H20N2O3S. The maximum atomic E-state index is 11.8. The molecule has 0 aliphatic heterocycles. The van der Waals surface area contributed by atoms with E-state index in [0.717, 1.165) is 21.0 Å². The predicted octanol–water partition coefficient (Wildman–Crippen LogP) is 3.83. The number of thiophene rings is 1. The van der Waals surface area contributed by atoms with Crippen LogP contribution in [0.3, 0.4) is 0 Å². The van der Waals surface area contributed by atoms with Gasteiger partial charge in [0.1, 0.15) is 11.6 Å². The molecular weight excluding hydrogens is 312 g/mol. The summed E-state index contributed by atoms with van der Waals surface area (Å²) in [5.74, 6) is -0.0419. The summed E-state index contributed by atoms with van der Waals surface area (Å²) in [5.41, 5.74) is 1.82. The van der Waals surface area contributed by atoms with E-state index in [1.54, 1.807) is 6.92 Å². The van der Waals surface area contributed by atoms with Crippen LogP contribution in [-0.2, 0) is 22.7 Å². The third-order valence-electron chi connectivity index (χ3n) is 3.14. The fourth-order valence-corrected chi connectivity index (χ4v) is 2.91. The molecule has 2 rings (SSSR count). The summed E-state index contributed by atoms with van der Waals surface area (Å²) >= 11 is 1.50. The van der Waals surface area contributed by atoms with Crippen LogP contribution in [0.15, 0.2) is 36.4 Å². The number of ether oxygens (including phenoxy) is 1. The van der Waals surface area contributed by atoms with Gasteiger partial charge in [-0.05, 0) is 18.6 Å². The minimum absolute atomic E-state index is 0.0419. The van der Waals surface area contributed by atoms with Gasteiger partial charge in [0.15, 0.2) is 0 Å². The number of alkyl carbamates (subject to hydrolysis) is 1. The maximum absolute atomic E-state index is 11.8. The number of amides is 2. The summed E-state index contributed by atoms with van der Waals surface area (Å²) in [6, 6.07) is 11.4. The van der Waals surface area contributed by atoms with Crippen molar-refractivity contribution in [2.75, 3.05) is 5.32 Å². The Morgan fingerprint density at radius 1 is 1.22 bits per heavy atom. The Labute approximate surface area is 139 Å². The van der Waals surface area contributed by atoms with Gasteiger partial charge in [-0.1, -0.05) is 37.3 Å². The van der Waals surface area contributed by atoms with Gasteiger partial charge >= 0.3 is 6.09 Å². The number of hydrogen-bond acceptors (Lipinski definition) is 4. The first-order chi connectivity index (χ1) is 11.1. The molecule has 2 amide bonds. The Balaban J connectivity index is 1.85. The Hall–Kier alpha value is -2.34. The molecule has 0 fully saturated rings. The van der Waals surface area contributed by atoms with Crippen molar-refractivity contribution in [1.82, 2.24) is 5.32 Å². The van der Waals surface area contributed by atoms with Gasteiger partial charge in [0.05, 0.1) is 0 Å². The first-order valence-corrected chi connectivity index (χ1v) is 8.24. The van der Waals surface area contributed by atoms with E-state index in [0.29, 0.717) is 13.0 Å². The molecule has 23 heavy (non-hydrogen) atoms. The van der Waals surface area contributed by atoms with E-state index in [2.05, 4.69) is 10.6 Å². The van der Waals surface area contributed by atoms with E-state index < -0.39 is 6.09 Å². The second-order valence-electron chi connectivity index (χ2n) is 5.03. The molecule has 0 unspecified atom stereocenters. The molecule has 122 valence electrons. The van der Waals surface area contributed by atoms with Crippen molar-refractivity contribution in [1.29, 1.82) is 0 Å². The number of carbonyl (C=O) groups excluding carboxylic acids is 2. The molecule has 0 atom stereocenters. The van der Waals surface area contributed by atoms with Crippen LogP contribution in [0.1, 0.15) is 29.3 Å². The van der Waals surface area contributed by atoms with E-state index in [-0.39, 0.29) is 12.5 Å². The van der Waals surface area contributed by atoms with Crippen LogP contribution < -0.4 is 10.6 Å². The summed E-state index contributed by atoms with van der Waals surface area (Å²) in [7, 11) is 0. The zero-order valence-corrected chi connectivity index (χ0v) is 14.0. The fourth-order valence-electron chi connectivity index (χ4n) is 1.96. The second-order valence-corrected chi connectivity index (χ2v) is 6.28. The van der Waals surface area contributed by atoms with Crippen LogP contribution in [0.4, 0.5) is 9.80 Å². The normalized spacial score (nSPS) is 10.2. The van der Waals surface area contributed by atoms with Crippen molar-refractivity contribution in [3.8, 4) is 0 Å². The SMILES string of the molecule is CCC(=O)Nc1sc(C)cc1CNC(=O)OCc1ccccc1. The summed E-state index contributed by atoms with van der Waals surface area (Å²) in [6.45, 7) is 4.31. The Morgan fingerprint density at radius 3 is 2.65 bits per heavy atom. The molecule has 0 aliphatic carbocycles. The lowest BCUT2D eigenvalue weighted by molar-refractivity contribution is -0.115. The molecule has 0 aliphatic rings. The average molecular weight is 332 g/mol. The monoisotopic (exact) mass is 332 g/mol. The minimum atomic E-state index is -0.481. The first-order valence-electron chi connectivity index (χ1n) is 7.42. The van der Waals surface area contributed by atoms with Crippen LogP contribution in [0, 0.1) is 6.92 Å². The summed E-state index contributed by atoms with van der Waals surface area (Å²) in [5, 5.41) is 6.33. The van der Waals surface area contributed by atoms with E-state index in [1.807, 2.05) is 43.3 Å². The van der Waals surface area contributed by atoms with Crippen LogP contribution in [0.5, 0.6) is 0 Å². The van der Waals surface area contributed by atoms with Crippen molar-refractivity contribution in [2.24, 2.45) is 0 Å². The summed E-state index contributed by atoms with van der Waals surface area (Å²) in [4.78, 5) is 24.4. The average Bonchev–Trinajstić information content (AvgIpc) is 2.91. The molecule has 0 bridgehead atoms. The number of hydrogen-bond donors (Lipinski definition) is 2. The molecule has 2 aromatic rings. The van der Waals surface area contributed by atoms with Gasteiger partial charge in [-0.3, -0.25) is 4.79 Å². The maximum Gasteiger partial charge on any atom is 0.407 e. The molecule has 5 nitrogen and oxygen atoms in total. The van der Waals surface area contributed by atoms with Crippen molar-refractivity contribution < 1.29 is 14.3 Å². The smallest absolute Gasteiger partial charge is 0.407 e. The summed E-state index contributed by atoms with van der Waals surface area (Å²) in [6.07, 6.45) is -0.0615. The first kappa shape index (κ1) is 17.0. The molecule has 1 aromatic carbocycles. The van der Waals surface area contributed by atoms with Gasteiger partial charge in [-0.15, -0.1) is 11.3 Å². The van der Waals surface area contributed by atoms with E-state index in [9.17, 15) is 9.59 Å². The van der Waals surface area contributed by atoms with Gasteiger partial charge < -0.3 is 15.4 Å². The van der Waals surface area contributed by atoms with Gasteiger partial charge in [0.2, 0.25) is 5.91 Å². The van der Waals surface area contributed by atoms with Crippen LogP contribution in [0.2, 0.25) is 0 Å². The standard InChI is InChI=1S/C17H20N2O3S/c1-3-15(20)19-16-14(9-12(2)23-16)10-18-17(21)22-11-13-7-5-4-6-8-13/h4-9H,3,10-11H2,1-2H3,(H,18,21)(H,19,20). The van der Waals surface area contributed by atoms with Crippen molar-refractivity contribution in [3.63, 3.8) is 0 Å². The highest BCUT2D eigenvalue weighted by Gasteiger charge is 2.11. The quantitative estimate of drug-likeness (QED) is 0.845. The summed E-state index contributed by atoms with van der Waals surface area (Å²) < 4.78 is 5.16. The zero-order valence-electron chi connectivity index (χ0n) is 13.2. The second kappa shape index (κ2) is 8.33.